The van der Waals surface area contributed by atoms with Crippen molar-refractivity contribution in [3.63, 3.8) is 0 Å². The molecule has 0 atom stereocenters. The standard InChI is InChI=1S/C12H12O.CH4O/c1-3-11(9-13)8-12-7-5-4-6-10(12)2;1-2/h3-9H,1H2,2H3;2H,1H3/b11-8+;. The lowest BCUT2D eigenvalue weighted by Gasteiger charge is -1.98. The lowest BCUT2D eigenvalue weighted by atomic mass is 10.1. The minimum atomic E-state index is 0.606. The first-order valence-electron chi connectivity index (χ1n) is 4.57. The monoisotopic (exact) mass is 204 g/mol. The van der Waals surface area contributed by atoms with Crippen molar-refractivity contribution < 1.29 is 9.90 Å². The Morgan fingerprint density at radius 2 is 1.93 bits per heavy atom. The lowest BCUT2D eigenvalue weighted by molar-refractivity contribution is -0.104. The third-order valence-corrected chi connectivity index (χ3v) is 1.88. The molecule has 0 unspecified atom stereocenters. The SMILES string of the molecule is C=C/C(C=O)=C\c1ccccc1C.CO. The first-order valence-corrected chi connectivity index (χ1v) is 4.57. The van der Waals surface area contributed by atoms with E-state index in [9.17, 15) is 4.79 Å². The maximum atomic E-state index is 10.5. The van der Waals surface area contributed by atoms with Crippen LogP contribution in [0, 0.1) is 6.92 Å². The average Bonchev–Trinajstić information content (AvgIpc) is 2.31. The minimum Gasteiger partial charge on any atom is -0.400 e. The van der Waals surface area contributed by atoms with Crippen LogP contribution in [-0.4, -0.2) is 18.5 Å². The number of aldehydes is 1. The summed E-state index contributed by atoms with van der Waals surface area (Å²) in [4.78, 5) is 10.5. The number of aliphatic hydroxyl groups excluding tert-OH is 1. The second-order valence-electron chi connectivity index (χ2n) is 2.82. The van der Waals surface area contributed by atoms with Crippen molar-refractivity contribution >= 4 is 12.4 Å². The number of aliphatic hydroxyl groups is 1. The Bertz CT molecular complexity index is 341. The molecule has 0 saturated carbocycles. The Balaban J connectivity index is 0.000000921. The molecule has 80 valence electrons. The van der Waals surface area contributed by atoms with Crippen LogP contribution < -0.4 is 0 Å². The van der Waals surface area contributed by atoms with Gasteiger partial charge < -0.3 is 5.11 Å². The van der Waals surface area contributed by atoms with Gasteiger partial charge in [0.25, 0.3) is 0 Å². The van der Waals surface area contributed by atoms with Gasteiger partial charge >= 0.3 is 0 Å². The molecular weight excluding hydrogens is 188 g/mol. The lowest BCUT2D eigenvalue weighted by Crippen LogP contribution is -1.82. The van der Waals surface area contributed by atoms with Gasteiger partial charge in [-0.25, -0.2) is 0 Å². The van der Waals surface area contributed by atoms with E-state index in [1.54, 1.807) is 6.08 Å². The highest BCUT2D eigenvalue weighted by Gasteiger charge is 1.93. The number of carbonyl (C=O) groups is 1. The summed E-state index contributed by atoms with van der Waals surface area (Å²) in [6.45, 7) is 5.57. The summed E-state index contributed by atoms with van der Waals surface area (Å²) in [5, 5.41) is 7.00. The Hall–Kier alpha value is -1.67. The molecule has 0 amide bonds. The number of allylic oxidation sites excluding steroid dienone is 2. The third-order valence-electron chi connectivity index (χ3n) is 1.88. The molecule has 0 saturated heterocycles. The zero-order valence-electron chi connectivity index (χ0n) is 9.10. The van der Waals surface area contributed by atoms with Crippen molar-refractivity contribution in [2.24, 2.45) is 0 Å². The van der Waals surface area contributed by atoms with Gasteiger partial charge in [0, 0.05) is 12.7 Å². The summed E-state index contributed by atoms with van der Waals surface area (Å²) >= 11 is 0. The van der Waals surface area contributed by atoms with Gasteiger partial charge in [-0.2, -0.15) is 0 Å². The smallest absolute Gasteiger partial charge is 0.150 e. The number of benzene rings is 1. The molecule has 0 aromatic heterocycles. The van der Waals surface area contributed by atoms with Gasteiger partial charge in [-0.3, -0.25) is 4.79 Å². The van der Waals surface area contributed by atoms with Gasteiger partial charge in [0.15, 0.2) is 0 Å². The first-order chi connectivity index (χ1) is 7.27. The normalized spacial score (nSPS) is 9.93. The van der Waals surface area contributed by atoms with Crippen LogP contribution in [0.1, 0.15) is 11.1 Å². The van der Waals surface area contributed by atoms with Crippen LogP contribution in [-0.2, 0) is 4.79 Å². The molecule has 15 heavy (non-hydrogen) atoms. The van der Waals surface area contributed by atoms with Crippen molar-refractivity contribution in [3.05, 3.63) is 53.6 Å². The van der Waals surface area contributed by atoms with Crippen molar-refractivity contribution in [1.82, 2.24) is 0 Å². The van der Waals surface area contributed by atoms with E-state index in [-0.39, 0.29) is 0 Å². The fraction of sp³-hybridized carbons (Fsp3) is 0.154. The molecule has 0 fully saturated rings. The zero-order chi connectivity index (χ0) is 11.7. The van der Waals surface area contributed by atoms with Gasteiger partial charge in [-0.05, 0) is 24.1 Å². The van der Waals surface area contributed by atoms with Crippen molar-refractivity contribution in [2.75, 3.05) is 7.11 Å². The summed E-state index contributed by atoms with van der Waals surface area (Å²) in [6.07, 6.45) is 4.19. The van der Waals surface area contributed by atoms with Gasteiger partial charge in [0.2, 0.25) is 0 Å². The number of hydrogen-bond donors (Lipinski definition) is 1. The second kappa shape index (κ2) is 7.71. The van der Waals surface area contributed by atoms with E-state index in [1.807, 2.05) is 37.3 Å². The van der Waals surface area contributed by atoms with Gasteiger partial charge in [-0.15, -0.1) is 0 Å². The predicted molar refractivity (Wildman–Crippen MR) is 63.6 cm³/mol. The molecule has 0 aliphatic rings. The van der Waals surface area contributed by atoms with E-state index in [0.717, 1.165) is 24.5 Å². The molecular formula is C13H16O2. The molecule has 2 nitrogen and oxygen atoms in total. The fourth-order valence-electron chi connectivity index (χ4n) is 1.07. The Morgan fingerprint density at radius 1 is 1.33 bits per heavy atom. The first kappa shape index (κ1) is 13.3. The molecule has 1 N–H and O–H groups in total. The molecule has 0 aliphatic carbocycles. The molecule has 0 bridgehead atoms. The number of carbonyl (C=O) groups excluding carboxylic acids is 1. The molecule has 0 radical (unpaired) electrons. The molecule has 0 aliphatic heterocycles. The second-order valence-corrected chi connectivity index (χ2v) is 2.82. The highest BCUT2D eigenvalue weighted by atomic mass is 16.2. The fourth-order valence-corrected chi connectivity index (χ4v) is 1.07. The van der Waals surface area contributed by atoms with E-state index < -0.39 is 0 Å². The van der Waals surface area contributed by atoms with Crippen LogP contribution >= 0.6 is 0 Å². The largest absolute Gasteiger partial charge is 0.400 e. The van der Waals surface area contributed by atoms with Crippen molar-refractivity contribution in [1.29, 1.82) is 0 Å². The van der Waals surface area contributed by atoms with Gasteiger partial charge in [-0.1, -0.05) is 36.9 Å². The highest BCUT2D eigenvalue weighted by molar-refractivity contribution is 5.85. The van der Waals surface area contributed by atoms with Gasteiger partial charge in [0.05, 0.1) is 0 Å². The topological polar surface area (TPSA) is 37.3 Å². The maximum absolute atomic E-state index is 10.5. The highest BCUT2D eigenvalue weighted by Crippen LogP contribution is 2.11. The Morgan fingerprint density at radius 3 is 2.40 bits per heavy atom. The van der Waals surface area contributed by atoms with Crippen LogP contribution in [0.3, 0.4) is 0 Å². The van der Waals surface area contributed by atoms with Crippen LogP contribution in [0.2, 0.25) is 0 Å². The van der Waals surface area contributed by atoms with E-state index in [1.165, 1.54) is 0 Å². The minimum absolute atomic E-state index is 0.606. The third kappa shape index (κ3) is 4.38. The summed E-state index contributed by atoms with van der Waals surface area (Å²) < 4.78 is 0. The molecule has 1 rings (SSSR count). The number of rotatable bonds is 3. The van der Waals surface area contributed by atoms with Gasteiger partial charge in [0.1, 0.15) is 6.29 Å². The van der Waals surface area contributed by atoms with Crippen molar-refractivity contribution in [2.45, 2.75) is 6.92 Å². The van der Waals surface area contributed by atoms with Crippen LogP contribution in [0.25, 0.3) is 6.08 Å². The summed E-state index contributed by atoms with van der Waals surface area (Å²) in [6, 6.07) is 7.91. The van der Waals surface area contributed by atoms with E-state index >= 15 is 0 Å². The Kier molecular flexibility index (Phi) is 6.85. The molecule has 2 heteroatoms. The van der Waals surface area contributed by atoms with Crippen LogP contribution in [0.4, 0.5) is 0 Å². The summed E-state index contributed by atoms with van der Waals surface area (Å²) in [5.74, 6) is 0. The van der Waals surface area contributed by atoms with E-state index in [0.29, 0.717) is 5.57 Å². The Labute approximate surface area is 90.6 Å². The predicted octanol–water partition coefficient (Wildman–Crippen LogP) is 2.37. The van der Waals surface area contributed by atoms with E-state index in [4.69, 9.17) is 5.11 Å². The molecule has 1 aromatic carbocycles. The summed E-state index contributed by atoms with van der Waals surface area (Å²) in [5.41, 5.74) is 2.82. The average molecular weight is 204 g/mol. The molecule has 1 aromatic rings. The zero-order valence-corrected chi connectivity index (χ0v) is 9.10. The quantitative estimate of drug-likeness (QED) is 0.466. The van der Waals surface area contributed by atoms with E-state index in [2.05, 4.69) is 6.58 Å². The molecule has 0 spiro atoms. The number of hydrogen-bond acceptors (Lipinski definition) is 2. The van der Waals surface area contributed by atoms with Crippen molar-refractivity contribution in [3.8, 4) is 0 Å². The van der Waals surface area contributed by atoms with Crippen LogP contribution in [0.15, 0.2) is 42.5 Å². The number of aryl methyl sites for hydroxylation is 1. The maximum Gasteiger partial charge on any atom is 0.150 e. The summed E-state index contributed by atoms with van der Waals surface area (Å²) in [7, 11) is 1.00. The van der Waals surface area contributed by atoms with Crippen LogP contribution in [0.5, 0.6) is 0 Å². The molecule has 0 heterocycles.